The molecule has 2 rings (SSSR count). The Morgan fingerprint density at radius 2 is 1.60 bits per heavy atom. The molecule has 0 aliphatic rings. The van der Waals surface area contributed by atoms with Crippen LogP contribution in [0.5, 0.6) is 0 Å². The van der Waals surface area contributed by atoms with Crippen molar-refractivity contribution in [3.63, 3.8) is 0 Å². The molecule has 0 saturated carbocycles. The van der Waals surface area contributed by atoms with Gasteiger partial charge in [-0.15, -0.1) is 0 Å². The minimum Gasteiger partial charge on any atom is -0.0794 e. The fourth-order valence-corrected chi connectivity index (χ4v) is 1.17. The third-order valence-electron chi connectivity index (χ3n) is 1.54. The fourth-order valence-electron chi connectivity index (χ4n) is 0.938. The van der Waals surface area contributed by atoms with Gasteiger partial charge in [-0.05, 0) is 11.6 Å². The van der Waals surface area contributed by atoms with E-state index in [0.717, 1.165) is 4.51 Å². The highest BCUT2D eigenvalue weighted by Gasteiger charge is 2.04. The molecule has 0 bridgehead atoms. The summed E-state index contributed by atoms with van der Waals surface area (Å²) in [5.74, 6) is 0. The van der Waals surface area contributed by atoms with Gasteiger partial charge < -0.3 is 0 Å². The summed E-state index contributed by atoms with van der Waals surface area (Å²) in [5, 5.41) is 0. The Morgan fingerprint density at radius 3 is 2.10 bits per heavy atom. The summed E-state index contributed by atoms with van der Waals surface area (Å²) in [6, 6.07) is 12.2. The molecule has 0 aliphatic heterocycles. The van der Waals surface area contributed by atoms with Crippen LogP contribution in [-0.4, -0.2) is 0 Å². The molecule has 0 aromatic heterocycles. The van der Waals surface area contributed by atoms with Crippen LogP contribution in [0, 0.1) is 4.51 Å². The lowest BCUT2D eigenvalue weighted by Crippen LogP contribution is -1.63. The smallest absolute Gasteiger partial charge is 0.0462 e. The Hall–Kier alpha value is -0.950. The molecule has 0 amide bonds. The molecule has 10 heavy (non-hydrogen) atoms. The topological polar surface area (TPSA) is 0 Å². The highest BCUT2D eigenvalue weighted by Crippen LogP contribution is 2.27. The van der Waals surface area contributed by atoms with E-state index >= 15 is 0 Å². The first-order chi connectivity index (χ1) is 4.88. The summed E-state index contributed by atoms with van der Waals surface area (Å²) in [6.07, 6.45) is 0. The summed E-state index contributed by atoms with van der Waals surface area (Å²) in [7, 11) is 0. The zero-order valence-corrected chi connectivity index (χ0v) is 6.19. The molecule has 0 spiro atoms. The Balaban J connectivity index is 2.47. The predicted octanol–water partition coefficient (Wildman–Crippen LogP) is 2.96. The van der Waals surface area contributed by atoms with Crippen molar-refractivity contribution in [3.05, 3.63) is 40.9 Å². The molecule has 0 N–H and O–H groups in total. The van der Waals surface area contributed by atoms with Gasteiger partial charge in [0.05, 0.1) is 0 Å². The predicted molar refractivity (Wildman–Crippen MR) is 45.1 cm³/mol. The molecule has 0 nitrogen and oxygen atoms in total. The maximum atomic E-state index is 4.96. The van der Waals surface area contributed by atoms with Gasteiger partial charge in [-0.25, -0.2) is 0 Å². The summed E-state index contributed by atoms with van der Waals surface area (Å²) in [6.45, 7) is 0. The molecular formula is C9H6S. The molecule has 0 aliphatic carbocycles. The van der Waals surface area contributed by atoms with Crippen LogP contribution in [0.3, 0.4) is 0 Å². The van der Waals surface area contributed by atoms with Gasteiger partial charge >= 0.3 is 0 Å². The number of rotatable bonds is 1. The van der Waals surface area contributed by atoms with Crippen molar-refractivity contribution in [2.75, 3.05) is 0 Å². The normalized spacial score (nSPS) is 10.4. The molecule has 0 saturated heterocycles. The first-order valence-electron chi connectivity index (χ1n) is 3.19. The van der Waals surface area contributed by atoms with Crippen LogP contribution < -0.4 is 0 Å². The van der Waals surface area contributed by atoms with Gasteiger partial charge in [0, 0.05) is 10.1 Å². The van der Waals surface area contributed by atoms with Crippen molar-refractivity contribution in [1.29, 1.82) is 0 Å². The van der Waals surface area contributed by atoms with Crippen molar-refractivity contribution in [1.82, 2.24) is 0 Å². The standard InChI is InChI=1S/C9H6S/c10-9-6-8(9)7-4-2-1-3-5-7/h1-6H. The molecule has 48 valence electrons. The van der Waals surface area contributed by atoms with Gasteiger partial charge in [-0.1, -0.05) is 42.5 Å². The van der Waals surface area contributed by atoms with Crippen molar-refractivity contribution in [2.24, 2.45) is 0 Å². The Morgan fingerprint density at radius 1 is 1.00 bits per heavy atom. The summed E-state index contributed by atoms with van der Waals surface area (Å²) >= 11 is 4.96. The first-order valence-corrected chi connectivity index (χ1v) is 3.60. The second-order valence-corrected chi connectivity index (χ2v) is 2.73. The van der Waals surface area contributed by atoms with Crippen LogP contribution in [0.1, 0.15) is 0 Å². The first kappa shape index (κ1) is 5.81. The second kappa shape index (κ2) is 2.03. The molecule has 2 aromatic rings. The highest BCUT2D eigenvalue weighted by atomic mass is 32.1. The average molecular weight is 146 g/mol. The van der Waals surface area contributed by atoms with E-state index in [1.807, 2.05) is 24.3 Å². The van der Waals surface area contributed by atoms with Crippen LogP contribution in [-0.2, 0) is 0 Å². The van der Waals surface area contributed by atoms with E-state index in [-0.39, 0.29) is 0 Å². The van der Waals surface area contributed by atoms with Gasteiger partial charge in [0.15, 0.2) is 0 Å². The summed E-state index contributed by atoms with van der Waals surface area (Å²) in [5.41, 5.74) is 2.48. The lowest BCUT2D eigenvalue weighted by Gasteiger charge is -1.87. The second-order valence-electron chi connectivity index (χ2n) is 2.29. The van der Waals surface area contributed by atoms with E-state index in [2.05, 4.69) is 12.1 Å². The molecule has 0 unspecified atom stereocenters. The molecule has 0 heterocycles. The number of benzene rings is 1. The van der Waals surface area contributed by atoms with Crippen molar-refractivity contribution < 1.29 is 0 Å². The van der Waals surface area contributed by atoms with Crippen LogP contribution in [0.15, 0.2) is 36.4 Å². The van der Waals surface area contributed by atoms with Crippen LogP contribution in [0.25, 0.3) is 11.1 Å². The van der Waals surface area contributed by atoms with Crippen molar-refractivity contribution in [2.45, 2.75) is 0 Å². The third kappa shape index (κ3) is 0.888. The van der Waals surface area contributed by atoms with Crippen molar-refractivity contribution in [3.8, 4) is 11.1 Å². The maximum absolute atomic E-state index is 4.96. The lowest BCUT2D eigenvalue weighted by molar-refractivity contribution is 1.71. The van der Waals surface area contributed by atoms with Gasteiger partial charge in [0.1, 0.15) is 0 Å². The minimum absolute atomic E-state index is 1.01. The number of hydrogen-bond donors (Lipinski definition) is 0. The van der Waals surface area contributed by atoms with E-state index in [4.69, 9.17) is 12.2 Å². The van der Waals surface area contributed by atoms with Gasteiger partial charge in [-0.2, -0.15) is 0 Å². The van der Waals surface area contributed by atoms with E-state index < -0.39 is 0 Å². The zero-order chi connectivity index (χ0) is 6.97. The minimum atomic E-state index is 1.01. The molecule has 0 radical (unpaired) electrons. The highest BCUT2D eigenvalue weighted by molar-refractivity contribution is 7.71. The summed E-state index contributed by atoms with van der Waals surface area (Å²) in [4.78, 5) is 0. The van der Waals surface area contributed by atoms with Gasteiger partial charge in [0.2, 0.25) is 0 Å². The molecule has 0 fully saturated rings. The lowest BCUT2D eigenvalue weighted by atomic mass is 10.2. The third-order valence-corrected chi connectivity index (χ3v) is 1.88. The van der Waals surface area contributed by atoms with Gasteiger partial charge in [-0.3, -0.25) is 0 Å². The molecule has 1 heteroatoms. The van der Waals surface area contributed by atoms with Crippen LogP contribution in [0.4, 0.5) is 0 Å². The zero-order valence-electron chi connectivity index (χ0n) is 5.37. The fraction of sp³-hybridized carbons (Fsp3) is 0. The largest absolute Gasteiger partial charge is 0.0794 e. The van der Waals surface area contributed by atoms with Crippen LogP contribution >= 0.6 is 12.2 Å². The van der Waals surface area contributed by atoms with E-state index in [1.165, 1.54) is 11.1 Å². The van der Waals surface area contributed by atoms with E-state index in [1.54, 1.807) is 0 Å². The molecule has 0 atom stereocenters. The quantitative estimate of drug-likeness (QED) is 0.557. The molecular weight excluding hydrogens is 140 g/mol. The van der Waals surface area contributed by atoms with Gasteiger partial charge in [0.25, 0.3) is 0 Å². The monoisotopic (exact) mass is 146 g/mol. The average Bonchev–Trinajstić information content (AvgIpc) is 2.69. The maximum Gasteiger partial charge on any atom is 0.0462 e. The Labute approximate surface area is 64.8 Å². The van der Waals surface area contributed by atoms with Crippen LogP contribution in [0.2, 0.25) is 0 Å². The SMILES string of the molecule is S=c1cc1-c1ccccc1. The molecule has 2 aromatic carbocycles. The Bertz CT molecular complexity index is 339. The number of hydrogen-bond acceptors (Lipinski definition) is 1. The summed E-state index contributed by atoms with van der Waals surface area (Å²) < 4.78 is 1.01. The van der Waals surface area contributed by atoms with E-state index in [0.29, 0.717) is 0 Å². The van der Waals surface area contributed by atoms with Crippen molar-refractivity contribution >= 4 is 12.2 Å². The Kier molecular flexibility index (Phi) is 1.18. The van der Waals surface area contributed by atoms with E-state index in [9.17, 15) is 0 Å².